The Labute approximate surface area is 93.3 Å². The van der Waals surface area contributed by atoms with Gasteiger partial charge in [-0.3, -0.25) is 10.2 Å². The molecule has 0 fully saturated rings. The quantitative estimate of drug-likeness (QED) is 0.369. The van der Waals surface area contributed by atoms with E-state index >= 15 is 0 Å². The molecule has 0 aromatic heterocycles. The number of amides is 1. The predicted octanol–water partition coefficient (Wildman–Crippen LogP) is 1.53. The first kappa shape index (κ1) is 13.2. The fourth-order valence-electron chi connectivity index (χ4n) is 1.01. The third-order valence-electron chi connectivity index (χ3n) is 1.76. The second-order valence-electron chi connectivity index (χ2n) is 2.93. The molecule has 0 aliphatic carbocycles. The van der Waals surface area contributed by atoms with E-state index < -0.39 is 24.2 Å². The topological polar surface area (TPSA) is 64.3 Å². The van der Waals surface area contributed by atoms with Gasteiger partial charge in [-0.15, -0.1) is 0 Å². The fraction of sp³-hybridized carbons (Fsp3) is 0.222. The largest absolute Gasteiger partial charge is 0.461 e. The van der Waals surface area contributed by atoms with E-state index in [4.69, 9.17) is 5.84 Å². The van der Waals surface area contributed by atoms with Gasteiger partial charge in [-0.25, -0.2) is 5.84 Å². The van der Waals surface area contributed by atoms with Crippen molar-refractivity contribution in [2.75, 3.05) is 0 Å². The predicted molar refractivity (Wildman–Crippen MR) is 49.7 cm³/mol. The number of hydrogen-bond acceptors (Lipinski definition) is 3. The number of ether oxygens (including phenoxy) is 1. The van der Waals surface area contributed by atoms with Gasteiger partial charge in [0.05, 0.1) is 5.56 Å². The van der Waals surface area contributed by atoms with Gasteiger partial charge in [0.25, 0.3) is 5.91 Å². The summed E-state index contributed by atoms with van der Waals surface area (Å²) in [6, 6.07) is 4.67. The molecule has 0 heterocycles. The molecule has 0 atom stereocenters. The minimum absolute atomic E-state index is 0.365. The molecule has 17 heavy (non-hydrogen) atoms. The van der Waals surface area contributed by atoms with Crippen LogP contribution in [-0.2, 0) is 0 Å². The van der Waals surface area contributed by atoms with Crippen molar-refractivity contribution < 1.29 is 27.1 Å². The molecule has 8 heteroatoms. The number of nitrogens with one attached hydrogen (secondary N) is 1. The summed E-state index contributed by atoms with van der Waals surface area (Å²) in [6.45, 7) is 0. The minimum Gasteiger partial charge on any atom is -0.427 e. The molecule has 1 rings (SSSR count). The van der Waals surface area contributed by atoms with Crippen LogP contribution < -0.4 is 16.0 Å². The van der Waals surface area contributed by atoms with Gasteiger partial charge < -0.3 is 4.74 Å². The SMILES string of the molecule is NNC(=O)c1ccccc1OC(F)(F)C(F)F. The van der Waals surface area contributed by atoms with Crippen LogP contribution >= 0.6 is 0 Å². The lowest BCUT2D eigenvalue weighted by atomic mass is 10.2. The second kappa shape index (κ2) is 5.00. The van der Waals surface area contributed by atoms with Gasteiger partial charge in [0.2, 0.25) is 0 Å². The number of carbonyl (C=O) groups excluding carboxylic acids is 1. The number of carbonyl (C=O) groups is 1. The maximum absolute atomic E-state index is 12.6. The molecule has 0 spiro atoms. The Kier molecular flexibility index (Phi) is 3.89. The standard InChI is InChI=1S/C9H8F4N2O2/c10-8(11)9(12,13)17-6-4-2-1-3-5(6)7(16)15-14/h1-4,8H,14H2,(H,15,16). The Morgan fingerprint density at radius 2 is 1.94 bits per heavy atom. The fourth-order valence-corrected chi connectivity index (χ4v) is 1.01. The molecule has 1 aromatic rings. The highest BCUT2D eigenvalue weighted by Crippen LogP contribution is 2.29. The molecule has 3 N–H and O–H groups in total. The van der Waals surface area contributed by atoms with Crippen molar-refractivity contribution in [2.45, 2.75) is 12.5 Å². The number of rotatable bonds is 4. The van der Waals surface area contributed by atoms with Gasteiger partial charge in [0.1, 0.15) is 5.75 Å². The molecule has 94 valence electrons. The van der Waals surface area contributed by atoms with Gasteiger partial charge in [0, 0.05) is 0 Å². The van der Waals surface area contributed by atoms with Crippen molar-refractivity contribution in [3.05, 3.63) is 29.8 Å². The van der Waals surface area contributed by atoms with Crippen molar-refractivity contribution in [1.82, 2.24) is 5.43 Å². The Bertz CT molecular complexity index is 412. The number of alkyl halides is 4. The summed E-state index contributed by atoms with van der Waals surface area (Å²) >= 11 is 0. The van der Waals surface area contributed by atoms with E-state index in [0.29, 0.717) is 0 Å². The first-order valence-corrected chi connectivity index (χ1v) is 4.33. The summed E-state index contributed by atoms with van der Waals surface area (Å²) in [5.41, 5.74) is 1.32. The Morgan fingerprint density at radius 1 is 1.35 bits per heavy atom. The zero-order valence-corrected chi connectivity index (χ0v) is 8.29. The van der Waals surface area contributed by atoms with Gasteiger partial charge in [-0.2, -0.15) is 17.6 Å². The van der Waals surface area contributed by atoms with Crippen molar-refractivity contribution >= 4 is 5.91 Å². The monoisotopic (exact) mass is 252 g/mol. The van der Waals surface area contributed by atoms with E-state index in [1.807, 2.05) is 0 Å². The second-order valence-corrected chi connectivity index (χ2v) is 2.93. The van der Waals surface area contributed by atoms with Crippen LogP contribution in [0.3, 0.4) is 0 Å². The lowest BCUT2D eigenvalue weighted by Crippen LogP contribution is -2.35. The highest BCUT2D eigenvalue weighted by atomic mass is 19.3. The molecule has 0 saturated carbocycles. The third-order valence-corrected chi connectivity index (χ3v) is 1.76. The van der Waals surface area contributed by atoms with Crippen LogP contribution in [0.5, 0.6) is 5.75 Å². The van der Waals surface area contributed by atoms with E-state index in [9.17, 15) is 22.4 Å². The molecular formula is C9H8F4N2O2. The van der Waals surface area contributed by atoms with E-state index in [-0.39, 0.29) is 5.56 Å². The van der Waals surface area contributed by atoms with Gasteiger partial charge in [-0.1, -0.05) is 12.1 Å². The van der Waals surface area contributed by atoms with Crippen LogP contribution in [0.25, 0.3) is 0 Å². The lowest BCUT2D eigenvalue weighted by Gasteiger charge is -2.18. The number of hydrazine groups is 1. The summed E-state index contributed by atoms with van der Waals surface area (Å²) < 4.78 is 52.9. The molecule has 0 saturated heterocycles. The number of para-hydroxylation sites is 1. The van der Waals surface area contributed by atoms with Crippen molar-refractivity contribution in [3.8, 4) is 5.75 Å². The van der Waals surface area contributed by atoms with Gasteiger partial charge in [-0.05, 0) is 12.1 Å². The number of nitrogens with two attached hydrogens (primary N) is 1. The average molecular weight is 252 g/mol. The van der Waals surface area contributed by atoms with Crippen LogP contribution in [0.15, 0.2) is 24.3 Å². The zero-order chi connectivity index (χ0) is 13.1. The lowest BCUT2D eigenvalue weighted by molar-refractivity contribution is -0.253. The molecular weight excluding hydrogens is 244 g/mol. The maximum Gasteiger partial charge on any atom is 0.461 e. The van der Waals surface area contributed by atoms with Gasteiger partial charge >= 0.3 is 12.5 Å². The third kappa shape index (κ3) is 3.06. The Hall–Kier alpha value is -1.83. The van der Waals surface area contributed by atoms with E-state index in [2.05, 4.69) is 4.74 Å². The molecule has 4 nitrogen and oxygen atoms in total. The molecule has 0 radical (unpaired) electrons. The Morgan fingerprint density at radius 3 is 2.47 bits per heavy atom. The van der Waals surface area contributed by atoms with E-state index in [1.165, 1.54) is 12.1 Å². The smallest absolute Gasteiger partial charge is 0.427 e. The van der Waals surface area contributed by atoms with Crippen LogP contribution in [0.4, 0.5) is 17.6 Å². The normalized spacial score (nSPS) is 11.4. The van der Waals surface area contributed by atoms with E-state index in [1.54, 1.807) is 5.43 Å². The molecule has 1 aromatic carbocycles. The minimum atomic E-state index is -4.68. The van der Waals surface area contributed by atoms with Crippen molar-refractivity contribution in [3.63, 3.8) is 0 Å². The summed E-state index contributed by atoms with van der Waals surface area (Å²) in [4.78, 5) is 11.1. The Balaban J connectivity index is 3.03. The van der Waals surface area contributed by atoms with Crippen LogP contribution in [0.1, 0.15) is 10.4 Å². The zero-order valence-electron chi connectivity index (χ0n) is 8.29. The number of halogens is 4. The molecule has 0 aliphatic heterocycles. The van der Waals surface area contributed by atoms with Crippen LogP contribution in [-0.4, -0.2) is 18.4 Å². The number of nitrogen functional groups attached to an aromatic ring is 1. The highest BCUT2D eigenvalue weighted by Gasteiger charge is 2.44. The molecule has 1 amide bonds. The molecule has 0 bridgehead atoms. The van der Waals surface area contributed by atoms with Crippen LogP contribution in [0, 0.1) is 0 Å². The first-order chi connectivity index (χ1) is 7.88. The van der Waals surface area contributed by atoms with Crippen molar-refractivity contribution in [1.29, 1.82) is 0 Å². The summed E-state index contributed by atoms with van der Waals surface area (Å²) in [7, 11) is 0. The first-order valence-electron chi connectivity index (χ1n) is 4.33. The van der Waals surface area contributed by atoms with E-state index in [0.717, 1.165) is 12.1 Å². The molecule has 0 aliphatic rings. The molecule has 0 unspecified atom stereocenters. The maximum atomic E-state index is 12.6. The van der Waals surface area contributed by atoms with Gasteiger partial charge in [0.15, 0.2) is 0 Å². The number of hydrogen-bond donors (Lipinski definition) is 2. The summed E-state index contributed by atoms with van der Waals surface area (Å²) in [6.07, 6.45) is -8.68. The van der Waals surface area contributed by atoms with Crippen molar-refractivity contribution in [2.24, 2.45) is 5.84 Å². The summed E-state index contributed by atoms with van der Waals surface area (Å²) in [5.74, 6) is 3.20. The highest BCUT2D eigenvalue weighted by molar-refractivity contribution is 5.96. The average Bonchev–Trinajstić information content (AvgIpc) is 2.28. The van der Waals surface area contributed by atoms with Crippen LogP contribution in [0.2, 0.25) is 0 Å². The number of benzene rings is 1. The summed E-state index contributed by atoms with van der Waals surface area (Å²) in [5, 5.41) is 0.